The fourth-order valence-corrected chi connectivity index (χ4v) is 2.49. The smallest absolute Gasteiger partial charge is 0.263 e. The summed E-state index contributed by atoms with van der Waals surface area (Å²) in [5.74, 6) is 0.876. The lowest BCUT2D eigenvalue weighted by Gasteiger charge is -2.23. The molecule has 1 aliphatic heterocycles. The van der Waals surface area contributed by atoms with Gasteiger partial charge in [-0.25, -0.2) is 0 Å². The first-order valence-electron chi connectivity index (χ1n) is 7.44. The van der Waals surface area contributed by atoms with E-state index in [0.29, 0.717) is 0 Å². The zero-order chi connectivity index (χ0) is 14.8. The van der Waals surface area contributed by atoms with Crippen molar-refractivity contribution in [1.29, 1.82) is 0 Å². The van der Waals surface area contributed by atoms with Crippen molar-refractivity contribution >= 4 is 5.91 Å². The van der Waals surface area contributed by atoms with E-state index in [1.54, 1.807) is 0 Å². The van der Waals surface area contributed by atoms with Crippen LogP contribution in [0.5, 0.6) is 5.75 Å². The van der Waals surface area contributed by atoms with Crippen molar-refractivity contribution in [2.45, 2.75) is 52.1 Å². The Labute approximate surface area is 121 Å². The molecular formula is C17H25NO2. The number of hydrogen-bond acceptors (Lipinski definition) is 2. The molecule has 0 saturated carbocycles. The molecule has 0 bridgehead atoms. The summed E-state index contributed by atoms with van der Waals surface area (Å²) in [5, 5.41) is 0. The summed E-state index contributed by atoms with van der Waals surface area (Å²) < 4.78 is 5.83. The normalized spacial score (nSPS) is 17.1. The van der Waals surface area contributed by atoms with Crippen LogP contribution in [-0.2, 0) is 10.2 Å². The van der Waals surface area contributed by atoms with Crippen molar-refractivity contribution in [3.8, 4) is 5.75 Å². The van der Waals surface area contributed by atoms with Crippen LogP contribution in [0, 0.1) is 0 Å². The highest BCUT2D eigenvalue weighted by Gasteiger charge is 2.24. The lowest BCUT2D eigenvalue weighted by Crippen LogP contribution is -2.38. The van der Waals surface area contributed by atoms with Gasteiger partial charge in [-0.2, -0.15) is 0 Å². The van der Waals surface area contributed by atoms with E-state index >= 15 is 0 Å². The second kappa shape index (κ2) is 5.86. The maximum absolute atomic E-state index is 12.2. The minimum Gasteiger partial charge on any atom is -0.481 e. The van der Waals surface area contributed by atoms with Gasteiger partial charge in [0.1, 0.15) is 5.75 Å². The molecule has 0 radical (unpaired) electrons. The molecule has 2 rings (SSSR count). The van der Waals surface area contributed by atoms with Crippen LogP contribution in [0.4, 0.5) is 0 Å². The summed E-state index contributed by atoms with van der Waals surface area (Å²) in [6.45, 7) is 10.1. The average Bonchev–Trinajstić information content (AvgIpc) is 2.91. The first kappa shape index (κ1) is 14.9. The molecule has 1 saturated heterocycles. The first-order chi connectivity index (χ1) is 9.38. The molecule has 0 aliphatic carbocycles. The Kier molecular flexibility index (Phi) is 4.36. The number of ether oxygens (including phenoxy) is 1. The number of benzene rings is 1. The van der Waals surface area contributed by atoms with Gasteiger partial charge in [-0.15, -0.1) is 0 Å². The molecule has 0 N–H and O–H groups in total. The van der Waals surface area contributed by atoms with Crippen LogP contribution in [0.2, 0.25) is 0 Å². The lowest BCUT2D eigenvalue weighted by molar-refractivity contribution is -0.136. The highest BCUT2D eigenvalue weighted by Crippen LogP contribution is 2.26. The molecular weight excluding hydrogens is 250 g/mol. The Hall–Kier alpha value is -1.51. The van der Waals surface area contributed by atoms with E-state index in [0.717, 1.165) is 31.7 Å². The van der Waals surface area contributed by atoms with Crippen molar-refractivity contribution in [2.75, 3.05) is 13.1 Å². The van der Waals surface area contributed by atoms with E-state index in [9.17, 15) is 4.79 Å². The van der Waals surface area contributed by atoms with Crippen LogP contribution >= 0.6 is 0 Å². The Morgan fingerprint density at radius 3 is 2.50 bits per heavy atom. The summed E-state index contributed by atoms with van der Waals surface area (Å²) in [4.78, 5) is 14.1. The molecule has 1 fully saturated rings. The van der Waals surface area contributed by atoms with Crippen LogP contribution < -0.4 is 4.74 Å². The number of carbonyl (C=O) groups is 1. The molecule has 0 aromatic heterocycles. The van der Waals surface area contributed by atoms with Gasteiger partial charge in [-0.1, -0.05) is 32.9 Å². The quantitative estimate of drug-likeness (QED) is 0.846. The van der Waals surface area contributed by atoms with Crippen molar-refractivity contribution < 1.29 is 9.53 Å². The van der Waals surface area contributed by atoms with Gasteiger partial charge in [0, 0.05) is 13.1 Å². The van der Waals surface area contributed by atoms with Gasteiger partial charge in [0.25, 0.3) is 5.91 Å². The third kappa shape index (κ3) is 3.53. The van der Waals surface area contributed by atoms with Gasteiger partial charge < -0.3 is 9.64 Å². The molecule has 1 unspecified atom stereocenters. The second-order valence-corrected chi connectivity index (χ2v) is 6.57. The number of carbonyl (C=O) groups excluding carboxylic acids is 1. The molecule has 1 heterocycles. The Morgan fingerprint density at radius 1 is 1.25 bits per heavy atom. The van der Waals surface area contributed by atoms with E-state index in [1.807, 2.05) is 30.0 Å². The van der Waals surface area contributed by atoms with Gasteiger partial charge in [0.2, 0.25) is 0 Å². The maximum atomic E-state index is 12.2. The molecule has 3 nitrogen and oxygen atoms in total. The highest BCUT2D eigenvalue weighted by atomic mass is 16.5. The van der Waals surface area contributed by atoms with Gasteiger partial charge in [0.05, 0.1) is 0 Å². The Morgan fingerprint density at radius 2 is 1.90 bits per heavy atom. The van der Waals surface area contributed by atoms with Crippen molar-refractivity contribution in [3.63, 3.8) is 0 Å². The molecule has 1 aromatic carbocycles. The predicted octanol–water partition coefficient (Wildman–Crippen LogP) is 3.37. The lowest BCUT2D eigenvalue weighted by atomic mass is 9.87. The second-order valence-electron chi connectivity index (χ2n) is 6.57. The Balaban J connectivity index is 2.04. The molecule has 1 amide bonds. The maximum Gasteiger partial charge on any atom is 0.263 e. The third-order valence-corrected chi connectivity index (χ3v) is 3.78. The monoisotopic (exact) mass is 275 g/mol. The molecule has 1 aliphatic rings. The molecule has 3 heteroatoms. The first-order valence-corrected chi connectivity index (χ1v) is 7.44. The van der Waals surface area contributed by atoms with Crippen molar-refractivity contribution in [1.82, 2.24) is 4.90 Å². The fourth-order valence-electron chi connectivity index (χ4n) is 2.49. The third-order valence-electron chi connectivity index (χ3n) is 3.78. The van der Waals surface area contributed by atoms with E-state index in [2.05, 4.69) is 26.8 Å². The SMILES string of the molecule is CC(Oc1cccc(C(C)(C)C)c1)C(=O)N1CCCC1. The fraction of sp³-hybridized carbons (Fsp3) is 0.588. The van der Waals surface area contributed by atoms with Gasteiger partial charge in [-0.3, -0.25) is 4.79 Å². The van der Waals surface area contributed by atoms with Gasteiger partial charge >= 0.3 is 0 Å². The van der Waals surface area contributed by atoms with E-state index in [1.165, 1.54) is 5.56 Å². The summed E-state index contributed by atoms with van der Waals surface area (Å²) in [7, 11) is 0. The minimum atomic E-state index is -0.414. The van der Waals surface area contributed by atoms with Crippen LogP contribution in [0.25, 0.3) is 0 Å². The van der Waals surface area contributed by atoms with Gasteiger partial charge in [-0.05, 0) is 42.9 Å². The molecule has 0 spiro atoms. The van der Waals surface area contributed by atoms with Crippen LogP contribution in [0.15, 0.2) is 24.3 Å². The van der Waals surface area contributed by atoms with E-state index < -0.39 is 6.10 Å². The molecule has 1 aromatic rings. The highest BCUT2D eigenvalue weighted by molar-refractivity contribution is 5.81. The summed E-state index contributed by atoms with van der Waals surface area (Å²) >= 11 is 0. The molecule has 1 atom stereocenters. The number of likely N-dealkylation sites (tertiary alicyclic amines) is 1. The number of amides is 1. The zero-order valence-electron chi connectivity index (χ0n) is 13.0. The van der Waals surface area contributed by atoms with Crippen molar-refractivity contribution in [3.05, 3.63) is 29.8 Å². The average molecular weight is 275 g/mol. The van der Waals surface area contributed by atoms with Crippen LogP contribution in [0.1, 0.15) is 46.1 Å². The van der Waals surface area contributed by atoms with Crippen LogP contribution in [0.3, 0.4) is 0 Å². The van der Waals surface area contributed by atoms with Crippen molar-refractivity contribution in [2.24, 2.45) is 0 Å². The van der Waals surface area contributed by atoms with E-state index in [-0.39, 0.29) is 11.3 Å². The summed E-state index contributed by atoms with van der Waals surface area (Å²) in [5.41, 5.74) is 1.30. The largest absolute Gasteiger partial charge is 0.481 e. The molecule has 20 heavy (non-hydrogen) atoms. The van der Waals surface area contributed by atoms with Gasteiger partial charge in [0.15, 0.2) is 6.10 Å². The topological polar surface area (TPSA) is 29.5 Å². The van der Waals surface area contributed by atoms with Crippen LogP contribution in [-0.4, -0.2) is 30.0 Å². The standard InChI is InChI=1S/C17H25NO2/c1-13(16(19)18-10-5-6-11-18)20-15-9-7-8-14(12-15)17(2,3)4/h7-9,12-13H,5-6,10-11H2,1-4H3. The summed E-state index contributed by atoms with van der Waals surface area (Å²) in [6, 6.07) is 8.04. The Bertz CT molecular complexity index is 470. The number of rotatable bonds is 3. The zero-order valence-corrected chi connectivity index (χ0v) is 13.0. The predicted molar refractivity (Wildman–Crippen MR) is 81.0 cm³/mol. The summed E-state index contributed by atoms with van der Waals surface area (Å²) in [6.07, 6.45) is 1.80. The van der Waals surface area contributed by atoms with E-state index in [4.69, 9.17) is 4.74 Å². The minimum absolute atomic E-state index is 0.0849. The number of nitrogens with zero attached hydrogens (tertiary/aromatic N) is 1. The number of hydrogen-bond donors (Lipinski definition) is 0. The molecule has 110 valence electrons.